The van der Waals surface area contributed by atoms with Crippen molar-refractivity contribution in [1.29, 1.82) is 0 Å². The van der Waals surface area contributed by atoms with E-state index < -0.39 is 9.84 Å². The Kier molecular flexibility index (Phi) is 3.82. The molecule has 0 bridgehead atoms. The fraction of sp³-hybridized carbons (Fsp3) is 0.455. The summed E-state index contributed by atoms with van der Waals surface area (Å²) in [6, 6.07) is 4.03. The first-order chi connectivity index (χ1) is 8.54. The van der Waals surface area contributed by atoms with E-state index in [-0.39, 0.29) is 10.9 Å². The van der Waals surface area contributed by atoms with Crippen molar-refractivity contribution in [1.82, 2.24) is 14.8 Å². The number of sulfone groups is 1. The van der Waals surface area contributed by atoms with Crippen LogP contribution in [-0.2, 0) is 22.8 Å². The van der Waals surface area contributed by atoms with Crippen LogP contribution in [0.4, 0.5) is 0 Å². The summed E-state index contributed by atoms with van der Waals surface area (Å²) in [6.45, 7) is 3.98. The molecule has 0 aromatic carbocycles. The molecule has 0 fully saturated rings. The van der Waals surface area contributed by atoms with Crippen LogP contribution in [0.1, 0.15) is 17.6 Å². The summed E-state index contributed by atoms with van der Waals surface area (Å²) in [5, 5.41) is 9.75. The highest BCUT2D eigenvalue weighted by Gasteiger charge is 2.21. The molecule has 0 saturated carbocycles. The van der Waals surface area contributed by atoms with Gasteiger partial charge in [-0.1, -0.05) is 13.0 Å². The highest BCUT2D eigenvalue weighted by atomic mass is 32.2. The van der Waals surface area contributed by atoms with Crippen LogP contribution >= 0.6 is 11.3 Å². The largest absolute Gasteiger partial charge is 0.302 e. The maximum Gasteiger partial charge on any atom is 0.249 e. The zero-order chi connectivity index (χ0) is 13.2. The fourth-order valence-corrected chi connectivity index (χ4v) is 3.34. The van der Waals surface area contributed by atoms with E-state index in [1.165, 1.54) is 4.88 Å². The van der Waals surface area contributed by atoms with Crippen LogP contribution in [0.5, 0.6) is 0 Å². The van der Waals surface area contributed by atoms with Gasteiger partial charge in [-0.2, -0.15) is 0 Å². The highest BCUT2D eigenvalue weighted by molar-refractivity contribution is 7.91. The van der Waals surface area contributed by atoms with Gasteiger partial charge in [-0.05, 0) is 24.8 Å². The second kappa shape index (κ2) is 5.19. The zero-order valence-electron chi connectivity index (χ0n) is 10.3. The van der Waals surface area contributed by atoms with E-state index in [1.54, 1.807) is 29.8 Å². The monoisotopic (exact) mass is 285 g/mol. The van der Waals surface area contributed by atoms with E-state index in [0.29, 0.717) is 12.4 Å². The number of thiophene rings is 1. The van der Waals surface area contributed by atoms with Gasteiger partial charge in [0.1, 0.15) is 5.82 Å². The van der Waals surface area contributed by atoms with Gasteiger partial charge in [0.25, 0.3) is 0 Å². The average molecular weight is 285 g/mol. The van der Waals surface area contributed by atoms with Crippen molar-refractivity contribution in [2.75, 3.05) is 5.75 Å². The van der Waals surface area contributed by atoms with Crippen LogP contribution in [-0.4, -0.2) is 28.9 Å². The van der Waals surface area contributed by atoms with E-state index in [9.17, 15) is 8.42 Å². The summed E-state index contributed by atoms with van der Waals surface area (Å²) >= 11 is 1.67. The lowest BCUT2D eigenvalue weighted by atomic mass is 10.3. The Hall–Kier alpha value is -1.21. The summed E-state index contributed by atoms with van der Waals surface area (Å²) in [5.41, 5.74) is 0. The molecule has 0 unspecified atom stereocenters. The maximum atomic E-state index is 11.9. The first kappa shape index (κ1) is 13.2. The molecule has 0 aliphatic heterocycles. The van der Waals surface area contributed by atoms with Gasteiger partial charge in [0.2, 0.25) is 15.0 Å². The molecular formula is C11H15N3O2S2. The van der Waals surface area contributed by atoms with Gasteiger partial charge in [-0.3, -0.25) is 0 Å². The molecule has 5 nitrogen and oxygen atoms in total. The molecule has 18 heavy (non-hydrogen) atoms. The SMILES string of the molecule is CCS(=O)(=O)c1nnc(C)n1CCc1cccs1. The number of nitrogens with zero attached hydrogens (tertiary/aromatic N) is 3. The lowest BCUT2D eigenvalue weighted by Gasteiger charge is -2.07. The molecule has 2 aromatic rings. The molecular weight excluding hydrogens is 270 g/mol. The Morgan fingerprint density at radius 1 is 1.39 bits per heavy atom. The standard InChI is InChI=1S/C11H15N3O2S2/c1-3-18(15,16)11-13-12-9(2)14(11)7-6-10-5-4-8-17-10/h4-5,8H,3,6-7H2,1-2H3. The van der Waals surface area contributed by atoms with Gasteiger partial charge in [-0.25, -0.2) is 8.42 Å². The first-order valence-corrected chi connectivity index (χ1v) is 8.22. The van der Waals surface area contributed by atoms with Gasteiger partial charge in [-0.15, -0.1) is 21.5 Å². The number of rotatable bonds is 5. The minimum Gasteiger partial charge on any atom is -0.302 e. The number of hydrogen-bond donors (Lipinski definition) is 0. The van der Waals surface area contributed by atoms with E-state index in [4.69, 9.17) is 0 Å². The second-order valence-corrected chi connectivity index (χ2v) is 7.12. The average Bonchev–Trinajstić information content (AvgIpc) is 2.96. The van der Waals surface area contributed by atoms with Crippen molar-refractivity contribution in [3.8, 4) is 0 Å². The predicted molar refractivity (Wildman–Crippen MR) is 70.5 cm³/mol. The third-order valence-electron chi connectivity index (χ3n) is 2.72. The molecule has 0 spiro atoms. The van der Waals surface area contributed by atoms with Gasteiger partial charge in [0, 0.05) is 11.4 Å². The molecule has 2 aromatic heterocycles. The minimum absolute atomic E-state index is 0.0458. The van der Waals surface area contributed by atoms with Gasteiger partial charge in [0.05, 0.1) is 5.75 Å². The third kappa shape index (κ3) is 2.62. The van der Waals surface area contributed by atoms with Crippen LogP contribution in [0, 0.1) is 6.92 Å². The van der Waals surface area contributed by atoms with Crippen LogP contribution in [0.15, 0.2) is 22.7 Å². The topological polar surface area (TPSA) is 64.8 Å². The lowest BCUT2D eigenvalue weighted by Crippen LogP contribution is -2.14. The van der Waals surface area contributed by atoms with E-state index in [0.717, 1.165) is 6.42 Å². The molecule has 0 saturated heterocycles. The summed E-state index contributed by atoms with van der Waals surface area (Å²) < 4.78 is 25.4. The minimum atomic E-state index is -3.31. The van der Waals surface area contributed by atoms with E-state index >= 15 is 0 Å². The molecule has 0 aliphatic rings. The normalized spacial score (nSPS) is 11.9. The smallest absolute Gasteiger partial charge is 0.249 e. The highest BCUT2D eigenvalue weighted by Crippen LogP contribution is 2.14. The van der Waals surface area contributed by atoms with Crippen LogP contribution in [0.2, 0.25) is 0 Å². The van der Waals surface area contributed by atoms with Crippen molar-refractivity contribution in [2.45, 2.75) is 32.0 Å². The lowest BCUT2D eigenvalue weighted by molar-refractivity contribution is 0.557. The fourth-order valence-electron chi connectivity index (χ4n) is 1.65. The van der Waals surface area contributed by atoms with Gasteiger partial charge < -0.3 is 4.57 Å². The quantitative estimate of drug-likeness (QED) is 0.838. The third-order valence-corrected chi connectivity index (χ3v) is 5.28. The molecule has 0 aliphatic carbocycles. The summed E-state index contributed by atoms with van der Waals surface area (Å²) in [6.07, 6.45) is 0.794. The van der Waals surface area contributed by atoms with Crippen LogP contribution in [0.3, 0.4) is 0 Å². The predicted octanol–water partition coefficient (Wildman–Crippen LogP) is 1.68. The Balaban J connectivity index is 2.25. The summed E-state index contributed by atoms with van der Waals surface area (Å²) in [4.78, 5) is 1.22. The molecule has 0 atom stereocenters. The van der Waals surface area contributed by atoms with Crippen LogP contribution < -0.4 is 0 Å². The molecule has 2 heterocycles. The first-order valence-electron chi connectivity index (χ1n) is 5.69. The maximum absolute atomic E-state index is 11.9. The Morgan fingerprint density at radius 3 is 2.78 bits per heavy atom. The Labute approximate surface area is 110 Å². The number of hydrogen-bond acceptors (Lipinski definition) is 5. The number of aromatic nitrogens is 3. The van der Waals surface area contributed by atoms with E-state index in [2.05, 4.69) is 10.2 Å². The summed E-state index contributed by atoms with van der Waals surface area (Å²) in [5.74, 6) is 0.683. The molecule has 2 rings (SSSR count). The van der Waals surface area contributed by atoms with Crippen molar-refractivity contribution in [3.05, 3.63) is 28.2 Å². The van der Waals surface area contributed by atoms with Crippen molar-refractivity contribution in [3.63, 3.8) is 0 Å². The molecule has 0 amide bonds. The van der Waals surface area contributed by atoms with Crippen molar-refractivity contribution in [2.24, 2.45) is 0 Å². The molecule has 98 valence electrons. The molecule has 0 N–H and O–H groups in total. The molecule has 0 radical (unpaired) electrons. The molecule has 7 heteroatoms. The Bertz CT molecular complexity index is 615. The Morgan fingerprint density at radius 2 is 2.17 bits per heavy atom. The second-order valence-electron chi connectivity index (χ2n) is 3.91. The van der Waals surface area contributed by atoms with Crippen molar-refractivity contribution >= 4 is 21.2 Å². The zero-order valence-corrected chi connectivity index (χ0v) is 12.0. The van der Waals surface area contributed by atoms with Gasteiger partial charge in [0.15, 0.2) is 0 Å². The summed E-state index contributed by atoms with van der Waals surface area (Å²) in [7, 11) is -3.31. The van der Waals surface area contributed by atoms with Crippen molar-refractivity contribution < 1.29 is 8.42 Å². The number of aryl methyl sites for hydroxylation is 2. The van der Waals surface area contributed by atoms with Crippen LogP contribution in [0.25, 0.3) is 0 Å². The van der Waals surface area contributed by atoms with Gasteiger partial charge >= 0.3 is 0 Å². The van der Waals surface area contributed by atoms with E-state index in [1.807, 2.05) is 17.5 Å².